The molecule has 1 aromatic carbocycles. The molecule has 9 nitrogen and oxygen atoms in total. The Morgan fingerprint density at radius 3 is 2.77 bits per heavy atom. The monoisotopic (exact) mass is 431 g/mol. The number of hydrogen-bond donors (Lipinski definition) is 1. The second-order valence-electron chi connectivity index (χ2n) is 7.80. The zero-order valence-corrected chi connectivity index (χ0v) is 17.0. The lowest BCUT2D eigenvalue weighted by Gasteiger charge is -2.27. The van der Waals surface area contributed by atoms with Crippen molar-refractivity contribution in [2.24, 2.45) is 5.10 Å². The Balaban J connectivity index is 1.42. The van der Waals surface area contributed by atoms with Gasteiger partial charge in [-0.1, -0.05) is 0 Å². The molecule has 1 unspecified atom stereocenters. The van der Waals surface area contributed by atoms with Crippen molar-refractivity contribution in [2.75, 3.05) is 24.8 Å². The first kappa shape index (κ1) is 19.1. The highest BCUT2D eigenvalue weighted by Gasteiger charge is 2.37. The molecule has 1 N–H and O–H groups in total. The van der Waals surface area contributed by atoms with Gasteiger partial charge in [-0.2, -0.15) is 5.10 Å². The quantitative estimate of drug-likeness (QED) is 0.699. The highest BCUT2D eigenvalue weighted by atomic mass is 32.2. The first-order valence-corrected chi connectivity index (χ1v) is 11.7. The molecule has 1 fully saturated rings. The van der Waals surface area contributed by atoms with Crippen LogP contribution in [0.4, 0.5) is 0 Å². The van der Waals surface area contributed by atoms with Crippen LogP contribution < -0.4 is 14.8 Å². The first-order chi connectivity index (χ1) is 14.4. The molecule has 0 radical (unpaired) electrons. The van der Waals surface area contributed by atoms with E-state index in [1.54, 1.807) is 0 Å². The van der Waals surface area contributed by atoms with Crippen LogP contribution in [-0.2, 0) is 25.8 Å². The van der Waals surface area contributed by atoms with Crippen LogP contribution in [-0.4, -0.2) is 61.7 Å². The van der Waals surface area contributed by atoms with Crippen molar-refractivity contribution in [1.82, 2.24) is 10.3 Å². The zero-order valence-electron chi connectivity index (χ0n) is 16.2. The van der Waals surface area contributed by atoms with Crippen LogP contribution in [0.25, 0.3) is 5.70 Å². The average Bonchev–Trinajstić information content (AvgIpc) is 3.32. The molecule has 1 amide bonds. The number of carbonyl (C=O) groups is 2. The minimum atomic E-state index is -3.16. The first-order valence-electron chi connectivity index (χ1n) is 9.92. The second-order valence-corrected chi connectivity index (χ2v) is 10.0. The molecule has 0 aliphatic carbocycles. The summed E-state index contributed by atoms with van der Waals surface area (Å²) in [5, 5.41) is 8.72. The number of sulfone groups is 1. The highest BCUT2D eigenvalue weighted by molar-refractivity contribution is 7.91. The smallest absolute Gasteiger partial charge is 0.243 e. The molecule has 0 saturated carbocycles. The Morgan fingerprint density at radius 2 is 2.00 bits per heavy atom. The molecule has 30 heavy (non-hydrogen) atoms. The Bertz CT molecular complexity index is 1110. The molecule has 0 spiro atoms. The molecule has 10 heteroatoms. The van der Waals surface area contributed by atoms with Crippen molar-refractivity contribution in [2.45, 2.75) is 31.7 Å². The van der Waals surface area contributed by atoms with Crippen LogP contribution in [0.15, 0.2) is 23.3 Å². The van der Waals surface area contributed by atoms with Gasteiger partial charge >= 0.3 is 0 Å². The fourth-order valence-electron chi connectivity index (χ4n) is 4.21. The van der Waals surface area contributed by atoms with Crippen molar-refractivity contribution in [3.63, 3.8) is 0 Å². The van der Waals surface area contributed by atoms with Gasteiger partial charge in [0.2, 0.25) is 18.5 Å². The minimum Gasteiger partial charge on any atom is -0.454 e. The van der Waals surface area contributed by atoms with Gasteiger partial charge in [-0.15, -0.1) is 0 Å². The molecule has 1 saturated heterocycles. The van der Waals surface area contributed by atoms with Gasteiger partial charge in [0.25, 0.3) is 0 Å². The van der Waals surface area contributed by atoms with Crippen molar-refractivity contribution in [3.8, 4) is 11.5 Å². The van der Waals surface area contributed by atoms with Crippen LogP contribution in [0.1, 0.15) is 30.4 Å². The number of nitrogens with one attached hydrogen (secondary N) is 1. The number of nitrogens with zero attached hydrogens (tertiary/aromatic N) is 2. The summed E-state index contributed by atoms with van der Waals surface area (Å²) in [5.41, 5.74) is 2.89. The molecule has 4 heterocycles. The molecule has 0 aromatic heterocycles. The lowest BCUT2D eigenvalue weighted by Crippen LogP contribution is -2.41. The number of hydrazone groups is 1. The second kappa shape index (κ2) is 7.12. The van der Waals surface area contributed by atoms with Crippen LogP contribution in [0.5, 0.6) is 11.5 Å². The van der Waals surface area contributed by atoms with E-state index in [1.165, 1.54) is 11.1 Å². The number of allylic oxidation sites excluding steroid dienone is 1. The van der Waals surface area contributed by atoms with Crippen molar-refractivity contribution >= 4 is 32.9 Å². The number of rotatable bonds is 3. The molecular weight excluding hydrogens is 410 g/mol. The third-order valence-corrected chi connectivity index (χ3v) is 7.52. The van der Waals surface area contributed by atoms with Gasteiger partial charge in [0.1, 0.15) is 5.71 Å². The fraction of sp³-hybridized carbons (Fsp3) is 0.450. The van der Waals surface area contributed by atoms with Crippen molar-refractivity contribution < 1.29 is 27.5 Å². The molecule has 158 valence electrons. The Kier molecular flexibility index (Phi) is 4.53. The van der Waals surface area contributed by atoms with E-state index in [2.05, 4.69) is 10.4 Å². The summed E-state index contributed by atoms with van der Waals surface area (Å²) in [4.78, 5) is 25.2. The molecule has 5 rings (SSSR count). The Morgan fingerprint density at radius 1 is 1.20 bits per heavy atom. The molecule has 4 aliphatic heterocycles. The molecule has 4 aliphatic rings. The number of carbonyl (C=O) groups excluding carboxylic acids is 2. The van der Waals surface area contributed by atoms with E-state index >= 15 is 0 Å². The maximum Gasteiger partial charge on any atom is 0.243 e. The van der Waals surface area contributed by atoms with Gasteiger partial charge in [-0.05, 0) is 30.5 Å². The van der Waals surface area contributed by atoms with Crippen LogP contribution >= 0.6 is 0 Å². The Labute approximate surface area is 173 Å². The van der Waals surface area contributed by atoms with Gasteiger partial charge < -0.3 is 14.8 Å². The lowest BCUT2D eigenvalue weighted by molar-refractivity contribution is -0.133. The third kappa shape index (κ3) is 3.45. The number of benzene rings is 1. The van der Waals surface area contributed by atoms with Crippen LogP contribution in [0.3, 0.4) is 0 Å². The number of ether oxygens (including phenoxy) is 2. The van der Waals surface area contributed by atoms with E-state index in [-0.39, 0.29) is 48.5 Å². The van der Waals surface area contributed by atoms with E-state index in [9.17, 15) is 18.0 Å². The number of hydrogen-bond acceptors (Lipinski definition) is 8. The predicted octanol–water partition coefficient (Wildman–Crippen LogP) is 0.637. The van der Waals surface area contributed by atoms with E-state index in [0.717, 1.165) is 17.5 Å². The predicted molar refractivity (Wildman–Crippen MR) is 108 cm³/mol. The normalized spacial score (nSPS) is 25.7. The van der Waals surface area contributed by atoms with E-state index in [4.69, 9.17) is 9.47 Å². The number of fused-ring (bicyclic) bond motifs is 2. The summed E-state index contributed by atoms with van der Waals surface area (Å²) in [6.07, 6.45) is 3.04. The molecule has 0 bridgehead atoms. The average molecular weight is 431 g/mol. The molecule has 1 atom stereocenters. The maximum absolute atomic E-state index is 12.9. The van der Waals surface area contributed by atoms with Gasteiger partial charge in [-0.25, -0.2) is 13.4 Å². The minimum absolute atomic E-state index is 0.0428. The number of ketones is 1. The topological polar surface area (TPSA) is 114 Å². The van der Waals surface area contributed by atoms with E-state index in [0.29, 0.717) is 30.2 Å². The maximum atomic E-state index is 12.9. The summed E-state index contributed by atoms with van der Waals surface area (Å²) in [7, 11) is -3.16. The summed E-state index contributed by atoms with van der Waals surface area (Å²) >= 11 is 0. The van der Waals surface area contributed by atoms with Crippen LogP contribution in [0, 0.1) is 0 Å². The highest BCUT2D eigenvalue weighted by Crippen LogP contribution is 2.38. The van der Waals surface area contributed by atoms with Gasteiger partial charge in [0.05, 0.1) is 17.5 Å². The lowest BCUT2D eigenvalue weighted by atomic mass is 9.95. The SMILES string of the molecule is O=C(/C=C1\NCCc2cc3c(cc21)OCO3)C1=NN(C2CCS(=O)(=O)C2)C(=O)CC1. The van der Waals surface area contributed by atoms with Gasteiger partial charge in [0.15, 0.2) is 21.3 Å². The zero-order chi connectivity index (χ0) is 20.9. The Hall–Kier alpha value is -2.88. The van der Waals surface area contributed by atoms with E-state index < -0.39 is 15.9 Å². The summed E-state index contributed by atoms with van der Waals surface area (Å²) in [6, 6.07) is 3.31. The standard InChI is InChI=1S/C20H21N3O6S/c24-17(15-1-2-20(25)23(22-15)13-4-6-30(26,27)10-13)9-16-14-8-19-18(28-11-29-19)7-12(14)3-5-21-16/h7-9,13,21H,1-6,10-11H2/b16-9-. The van der Waals surface area contributed by atoms with Gasteiger partial charge in [-0.3, -0.25) is 9.59 Å². The van der Waals surface area contributed by atoms with Gasteiger partial charge in [0, 0.05) is 36.7 Å². The van der Waals surface area contributed by atoms with Crippen molar-refractivity contribution in [3.05, 3.63) is 29.3 Å². The summed E-state index contributed by atoms with van der Waals surface area (Å²) in [6.45, 7) is 0.865. The molecule has 1 aromatic rings. The fourth-order valence-corrected chi connectivity index (χ4v) is 5.91. The third-order valence-electron chi connectivity index (χ3n) is 5.77. The molecular formula is C20H21N3O6S. The number of amides is 1. The summed E-state index contributed by atoms with van der Waals surface area (Å²) in [5.74, 6) is 0.758. The van der Waals surface area contributed by atoms with Crippen LogP contribution in [0.2, 0.25) is 0 Å². The van der Waals surface area contributed by atoms with Crippen molar-refractivity contribution in [1.29, 1.82) is 0 Å². The van der Waals surface area contributed by atoms with E-state index in [1.807, 2.05) is 12.1 Å². The largest absolute Gasteiger partial charge is 0.454 e. The summed E-state index contributed by atoms with van der Waals surface area (Å²) < 4.78 is 34.4.